The van der Waals surface area contributed by atoms with Crippen LogP contribution >= 0.6 is 11.8 Å². The molecule has 0 spiro atoms. The standard InChI is InChI=1S/C18H25N3O5S2/c1-3-26-18(23)21-8-6-13(7-9-21)20-28(24,25)14-4-5-16-15(10-14)19-17(22)12(2)11-27-16/h4-5,10,12-13,20H,3,6-9,11H2,1-2H3,(H,19,22). The molecule has 0 aromatic heterocycles. The van der Waals surface area contributed by atoms with Crippen LogP contribution in [0.1, 0.15) is 26.7 Å². The first-order chi connectivity index (χ1) is 13.3. The predicted octanol–water partition coefficient (Wildman–Crippen LogP) is 2.27. The first-order valence-electron chi connectivity index (χ1n) is 9.32. The number of rotatable bonds is 4. The van der Waals surface area contributed by atoms with Gasteiger partial charge in [-0.05, 0) is 38.0 Å². The number of nitrogens with zero attached hydrogens (tertiary/aromatic N) is 1. The van der Waals surface area contributed by atoms with Gasteiger partial charge in [-0.3, -0.25) is 4.79 Å². The van der Waals surface area contributed by atoms with Crippen LogP contribution in [0, 0.1) is 5.92 Å². The number of carbonyl (C=O) groups excluding carboxylic acids is 2. The van der Waals surface area contributed by atoms with Crippen LogP contribution in [0.3, 0.4) is 0 Å². The number of ether oxygens (including phenoxy) is 1. The Labute approximate surface area is 169 Å². The number of carbonyl (C=O) groups is 2. The fraction of sp³-hybridized carbons (Fsp3) is 0.556. The molecule has 0 radical (unpaired) electrons. The van der Waals surface area contributed by atoms with Crippen molar-refractivity contribution < 1.29 is 22.7 Å². The number of anilines is 1. The Morgan fingerprint density at radius 2 is 2.07 bits per heavy atom. The number of piperidine rings is 1. The summed E-state index contributed by atoms with van der Waals surface area (Å²) in [6.45, 7) is 4.80. The summed E-state index contributed by atoms with van der Waals surface area (Å²) in [6, 6.07) is 4.55. The molecule has 1 unspecified atom stereocenters. The maximum Gasteiger partial charge on any atom is 0.409 e. The lowest BCUT2D eigenvalue weighted by molar-refractivity contribution is -0.118. The number of benzene rings is 1. The van der Waals surface area contributed by atoms with Crippen LogP contribution in [0.2, 0.25) is 0 Å². The Kier molecular flexibility index (Phi) is 6.51. The minimum Gasteiger partial charge on any atom is -0.450 e. The molecule has 0 aliphatic carbocycles. The van der Waals surface area contributed by atoms with Gasteiger partial charge in [0.15, 0.2) is 0 Å². The van der Waals surface area contributed by atoms with Gasteiger partial charge in [0.1, 0.15) is 0 Å². The van der Waals surface area contributed by atoms with Gasteiger partial charge < -0.3 is 15.0 Å². The zero-order chi connectivity index (χ0) is 20.3. The van der Waals surface area contributed by atoms with Crippen LogP contribution in [0.5, 0.6) is 0 Å². The molecule has 0 bridgehead atoms. The van der Waals surface area contributed by atoms with Gasteiger partial charge in [-0.15, -0.1) is 11.8 Å². The molecule has 28 heavy (non-hydrogen) atoms. The van der Waals surface area contributed by atoms with E-state index in [1.165, 1.54) is 17.8 Å². The summed E-state index contributed by atoms with van der Waals surface area (Å²) in [5, 5.41) is 2.81. The molecule has 1 saturated heterocycles. The largest absolute Gasteiger partial charge is 0.450 e. The van der Waals surface area contributed by atoms with E-state index in [0.717, 1.165) is 4.90 Å². The molecule has 1 aromatic rings. The zero-order valence-electron chi connectivity index (χ0n) is 15.9. The van der Waals surface area contributed by atoms with E-state index < -0.39 is 10.0 Å². The smallest absolute Gasteiger partial charge is 0.409 e. The van der Waals surface area contributed by atoms with Gasteiger partial charge in [0.25, 0.3) is 0 Å². The van der Waals surface area contributed by atoms with Gasteiger partial charge in [-0.25, -0.2) is 17.9 Å². The summed E-state index contributed by atoms with van der Waals surface area (Å²) >= 11 is 1.54. The molecule has 1 aromatic carbocycles. The van der Waals surface area contributed by atoms with Crippen molar-refractivity contribution in [2.45, 2.75) is 42.5 Å². The minimum absolute atomic E-state index is 0.111. The van der Waals surface area contributed by atoms with Crippen LogP contribution in [0.25, 0.3) is 0 Å². The van der Waals surface area contributed by atoms with Crippen molar-refractivity contribution in [2.24, 2.45) is 5.92 Å². The SMILES string of the molecule is CCOC(=O)N1CCC(NS(=O)(=O)c2ccc3c(c2)NC(=O)C(C)CS3)CC1. The monoisotopic (exact) mass is 427 g/mol. The van der Waals surface area contributed by atoms with E-state index in [1.807, 2.05) is 6.92 Å². The molecule has 2 N–H and O–H groups in total. The second-order valence-electron chi connectivity index (χ2n) is 6.94. The molecule has 2 aliphatic heterocycles. The summed E-state index contributed by atoms with van der Waals surface area (Å²) in [5.41, 5.74) is 0.527. The molecule has 10 heteroatoms. The van der Waals surface area contributed by atoms with Gasteiger partial charge >= 0.3 is 6.09 Å². The van der Waals surface area contributed by atoms with Crippen molar-refractivity contribution in [3.05, 3.63) is 18.2 Å². The van der Waals surface area contributed by atoms with E-state index in [0.29, 0.717) is 44.0 Å². The van der Waals surface area contributed by atoms with Crippen molar-refractivity contribution in [1.29, 1.82) is 0 Å². The Balaban J connectivity index is 1.67. The molecule has 2 aliphatic rings. The van der Waals surface area contributed by atoms with Gasteiger partial charge in [-0.1, -0.05) is 6.92 Å². The third-order valence-corrected chi connectivity index (χ3v) is 7.65. The molecule has 3 rings (SSSR count). The van der Waals surface area contributed by atoms with Crippen LogP contribution in [-0.4, -0.2) is 56.8 Å². The molecule has 1 atom stereocenters. The quantitative estimate of drug-likeness (QED) is 0.764. The Morgan fingerprint density at radius 3 is 2.75 bits per heavy atom. The number of likely N-dealkylation sites (tertiary alicyclic amines) is 1. The van der Waals surface area contributed by atoms with Crippen molar-refractivity contribution in [1.82, 2.24) is 9.62 Å². The van der Waals surface area contributed by atoms with Crippen LogP contribution < -0.4 is 10.0 Å². The van der Waals surface area contributed by atoms with Crippen molar-refractivity contribution in [2.75, 3.05) is 30.8 Å². The molecule has 1 fully saturated rings. The average Bonchev–Trinajstić information content (AvgIpc) is 2.80. The number of sulfonamides is 1. The van der Waals surface area contributed by atoms with E-state index >= 15 is 0 Å². The van der Waals surface area contributed by atoms with E-state index in [-0.39, 0.29) is 28.9 Å². The number of hydrogen-bond donors (Lipinski definition) is 2. The first-order valence-corrected chi connectivity index (χ1v) is 11.8. The minimum atomic E-state index is -3.73. The highest BCUT2D eigenvalue weighted by molar-refractivity contribution is 7.99. The molecule has 2 amide bonds. The number of hydrogen-bond acceptors (Lipinski definition) is 6. The highest BCUT2D eigenvalue weighted by Crippen LogP contribution is 2.34. The Bertz CT molecular complexity index is 851. The second kappa shape index (κ2) is 8.71. The predicted molar refractivity (Wildman–Crippen MR) is 107 cm³/mol. The first kappa shape index (κ1) is 20.9. The molecule has 154 valence electrons. The lowest BCUT2D eigenvalue weighted by Crippen LogP contribution is -2.46. The molecule has 2 heterocycles. The summed E-state index contributed by atoms with van der Waals surface area (Å²) in [6.07, 6.45) is 0.678. The van der Waals surface area contributed by atoms with Crippen LogP contribution in [0.4, 0.5) is 10.5 Å². The van der Waals surface area contributed by atoms with Gasteiger partial charge in [-0.2, -0.15) is 0 Å². The van der Waals surface area contributed by atoms with E-state index in [1.54, 1.807) is 24.0 Å². The van der Waals surface area contributed by atoms with Gasteiger partial charge in [0, 0.05) is 35.7 Å². The highest BCUT2D eigenvalue weighted by atomic mass is 32.2. The van der Waals surface area contributed by atoms with E-state index in [2.05, 4.69) is 10.0 Å². The molecular weight excluding hydrogens is 402 g/mol. The number of nitrogens with one attached hydrogen (secondary N) is 2. The lowest BCUT2D eigenvalue weighted by atomic mass is 10.1. The lowest BCUT2D eigenvalue weighted by Gasteiger charge is -2.31. The second-order valence-corrected chi connectivity index (χ2v) is 9.72. The number of fused-ring (bicyclic) bond motifs is 1. The van der Waals surface area contributed by atoms with Crippen LogP contribution in [0.15, 0.2) is 28.0 Å². The highest BCUT2D eigenvalue weighted by Gasteiger charge is 2.28. The van der Waals surface area contributed by atoms with Crippen molar-refractivity contribution >= 4 is 39.5 Å². The Hall–Kier alpha value is -1.78. The normalized spacial score (nSPS) is 20.9. The number of thioether (sulfide) groups is 1. The zero-order valence-corrected chi connectivity index (χ0v) is 17.6. The fourth-order valence-corrected chi connectivity index (χ4v) is 5.47. The maximum absolute atomic E-state index is 12.8. The molecular formula is C18H25N3O5S2. The van der Waals surface area contributed by atoms with Gasteiger partial charge in [0.05, 0.1) is 17.2 Å². The summed E-state index contributed by atoms with van der Waals surface area (Å²) in [7, 11) is -3.73. The molecule has 8 nitrogen and oxygen atoms in total. The topological polar surface area (TPSA) is 105 Å². The number of amides is 2. The van der Waals surface area contributed by atoms with E-state index in [4.69, 9.17) is 4.74 Å². The third kappa shape index (κ3) is 4.79. The molecule has 0 saturated carbocycles. The Morgan fingerprint density at radius 1 is 1.36 bits per heavy atom. The van der Waals surface area contributed by atoms with Gasteiger partial charge in [0.2, 0.25) is 15.9 Å². The maximum atomic E-state index is 12.8. The summed E-state index contributed by atoms with van der Waals surface area (Å²) < 4.78 is 33.3. The van der Waals surface area contributed by atoms with E-state index in [9.17, 15) is 18.0 Å². The fourth-order valence-electron chi connectivity index (χ4n) is 3.13. The third-order valence-electron chi connectivity index (χ3n) is 4.80. The van der Waals surface area contributed by atoms with Crippen LogP contribution in [-0.2, 0) is 19.6 Å². The average molecular weight is 428 g/mol. The van der Waals surface area contributed by atoms with Crippen molar-refractivity contribution in [3.8, 4) is 0 Å². The summed E-state index contributed by atoms with van der Waals surface area (Å²) in [4.78, 5) is 26.4. The van der Waals surface area contributed by atoms with Crippen molar-refractivity contribution in [3.63, 3.8) is 0 Å². The summed E-state index contributed by atoms with van der Waals surface area (Å²) in [5.74, 6) is 0.405.